The number of esters is 1. The van der Waals surface area contributed by atoms with Crippen molar-refractivity contribution < 1.29 is 34.1 Å². The van der Waals surface area contributed by atoms with E-state index in [1.165, 1.54) is 21.0 Å². The second-order valence-corrected chi connectivity index (χ2v) is 8.14. The first-order valence-corrected chi connectivity index (χ1v) is 9.82. The standard InChI is InChI=1S/C21H34O7/c1-8-17-21(6,26)16(23)10-15(22)11(2)9-12(3)19(27-7)13(4)18(24)14(5)20(25)28-17/h10-14,17,19,23,26H,8-9H2,1-7H3/b16-10-/t11-,12+,13+,14-,17-,19+,21+/m1/s1. The van der Waals surface area contributed by atoms with Gasteiger partial charge in [-0.1, -0.05) is 27.7 Å². The third kappa shape index (κ3) is 5.20. The Labute approximate surface area is 167 Å². The number of carbonyl (C=O) groups is 3. The molecule has 0 aromatic heterocycles. The van der Waals surface area contributed by atoms with Crippen LogP contribution in [0.15, 0.2) is 11.8 Å². The number of aliphatic hydroxyl groups excluding tert-OH is 1. The Morgan fingerprint density at radius 1 is 1.21 bits per heavy atom. The van der Waals surface area contributed by atoms with Gasteiger partial charge in [0.1, 0.15) is 17.8 Å². The maximum Gasteiger partial charge on any atom is 0.316 e. The minimum atomic E-state index is -1.95. The first-order valence-electron chi connectivity index (χ1n) is 9.82. The number of aliphatic hydroxyl groups is 2. The van der Waals surface area contributed by atoms with Crippen LogP contribution in [0.25, 0.3) is 0 Å². The van der Waals surface area contributed by atoms with Crippen molar-refractivity contribution in [3.63, 3.8) is 0 Å². The Morgan fingerprint density at radius 3 is 2.29 bits per heavy atom. The Hall–Kier alpha value is -1.73. The Balaban J connectivity index is 3.41. The fraction of sp³-hybridized carbons (Fsp3) is 0.762. The Morgan fingerprint density at radius 2 is 1.79 bits per heavy atom. The van der Waals surface area contributed by atoms with E-state index >= 15 is 0 Å². The zero-order chi connectivity index (χ0) is 21.8. The highest BCUT2D eigenvalue weighted by Gasteiger charge is 2.42. The molecule has 2 N–H and O–H groups in total. The van der Waals surface area contributed by atoms with Crippen LogP contribution >= 0.6 is 0 Å². The van der Waals surface area contributed by atoms with Crippen molar-refractivity contribution in [1.29, 1.82) is 0 Å². The first-order chi connectivity index (χ1) is 12.9. The van der Waals surface area contributed by atoms with Crippen molar-refractivity contribution in [2.75, 3.05) is 7.11 Å². The van der Waals surface area contributed by atoms with Gasteiger partial charge in [0.25, 0.3) is 0 Å². The molecule has 0 aromatic rings. The lowest BCUT2D eigenvalue weighted by molar-refractivity contribution is -0.169. The molecule has 0 fully saturated rings. The van der Waals surface area contributed by atoms with Crippen LogP contribution in [0.5, 0.6) is 0 Å². The van der Waals surface area contributed by atoms with E-state index < -0.39 is 47.3 Å². The van der Waals surface area contributed by atoms with E-state index in [9.17, 15) is 24.6 Å². The van der Waals surface area contributed by atoms with E-state index in [0.717, 1.165) is 6.08 Å². The predicted octanol–water partition coefficient (Wildman–Crippen LogP) is 2.60. The van der Waals surface area contributed by atoms with Gasteiger partial charge in [-0.3, -0.25) is 14.4 Å². The number of carbonyl (C=O) groups excluding carboxylic acids is 3. The van der Waals surface area contributed by atoms with E-state index in [1.54, 1.807) is 20.8 Å². The van der Waals surface area contributed by atoms with Crippen molar-refractivity contribution in [3.8, 4) is 0 Å². The molecule has 1 rings (SSSR count). The molecule has 160 valence electrons. The lowest BCUT2D eigenvalue weighted by Gasteiger charge is -2.34. The second-order valence-electron chi connectivity index (χ2n) is 8.14. The highest BCUT2D eigenvalue weighted by atomic mass is 16.6. The van der Waals surface area contributed by atoms with E-state index in [0.29, 0.717) is 6.42 Å². The number of allylic oxidation sites excluding steroid dienone is 1. The van der Waals surface area contributed by atoms with Crippen molar-refractivity contribution in [2.45, 2.75) is 72.2 Å². The summed E-state index contributed by atoms with van der Waals surface area (Å²) in [5, 5.41) is 21.1. The van der Waals surface area contributed by atoms with E-state index in [4.69, 9.17) is 9.47 Å². The van der Waals surface area contributed by atoms with Crippen LogP contribution in [-0.2, 0) is 23.9 Å². The topological polar surface area (TPSA) is 110 Å². The number of Topliss-reactive ketones (excluding diaryl/α,β-unsaturated/α-hetero) is 1. The number of ether oxygens (including phenoxy) is 2. The summed E-state index contributed by atoms with van der Waals surface area (Å²) >= 11 is 0. The minimum absolute atomic E-state index is 0.145. The molecule has 0 aromatic carbocycles. The monoisotopic (exact) mass is 398 g/mol. The lowest BCUT2D eigenvalue weighted by Crippen LogP contribution is -2.46. The molecule has 7 atom stereocenters. The number of hydrogen-bond donors (Lipinski definition) is 2. The van der Waals surface area contributed by atoms with Crippen molar-refractivity contribution in [3.05, 3.63) is 11.8 Å². The molecular weight excluding hydrogens is 364 g/mol. The third-order valence-corrected chi connectivity index (χ3v) is 5.82. The molecule has 0 unspecified atom stereocenters. The Bertz CT molecular complexity index is 622. The van der Waals surface area contributed by atoms with Gasteiger partial charge < -0.3 is 19.7 Å². The molecule has 7 heteroatoms. The summed E-state index contributed by atoms with van der Waals surface area (Å²) in [6.07, 6.45) is 0.0407. The molecule has 0 saturated heterocycles. The molecule has 1 heterocycles. The number of methoxy groups -OCH3 is 1. The average Bonchev–Trinajstić information content (AvgIpc) is 2.63. The van der Waals surface area contributed by atoms with Crippen LogP contribution in [0.4, 0.5) is 0 Å². The smallest absolute Gasteiger partial charge is 0.316 e. The predicted molar refractivity (Wildman–Crippen MR) is 104 cm³/mol. The van der Waals surface area contributed by atoms with Gasteiger partial charge >= 0.3 is 5.97 Å². The normalized spacial score (nSPS) is 41.0. The van der Waals surface area contributed by atoms with Gasteiger partial charge in [0.05, 0.1) is 6.10 Å². The second kappa shape index (κ2) is 9.65. The molecule has 7 nitrogen and oxygen atoms in total. The molecule has 28 heavy (non-hydrogen) atoms. The van der Waals surface area contributed by atoms with E-state index in [2.05, 4.69) is 0 Å². The SMILES string of the molecule is CC[C@H]1OC(=O)[C@H](C)C(=O)[C@H](C)[C@@H](OC)[C@@H](C)C[C@@H](C)C(=O)/C=C(\O)[C@]1(C)O. The summed E-state index contributed by atoms with van der Waals surface area (Å²) < 4.78 is 10.9. The molecule has 0 aliphatic carbocycles. The molecule has 1 aliphatic rings. The van der Waals surface area contributed by atoms with Gasteiger partial charge in [0.15, 0.2) is 17.2 Å². The van der Waals surface area contributed by atoms with Gasteiger partial charge in [-0.2, -0.15) is 0 Å². The summed E-state index contributed by atoms with van der Waals surface area (Å²) in [6.45, 7) is 9.72. The summed E-state index contributed by atoms with van der Waals surface area (Å²) in [5.74, 6) is -4.24. The fourth-order valence-electron chi connectivity index (χ4n) is 3.84. The van der Waals surface area contributed by atoms with Gasteiger partial charge in [-0.05, 0) is 32.6 Å². The number of cyclic esters (lactones) is 1. The molecular formula is C21H34O7. The average molecular weight is 398 g/mol. The first kappa shape index (κ1) is 24.3. The summed E-state index contributed by atoms with van der Waals surface area (Å²) in [6, 6.07) is 0. The highest BCUT2D eigenvalue weighted by Crippen LogP contribution is 2.30. The number of rotatable bonds is 2. The molecule has 1 aliphatic heterocycles. The maximum absolute atomic E-state index is 12.8. The van der Waals surface area contributed by atoms with Gasteiger partial charge in [-0.25, -0.2) is 0 Å². The molecule has 0 bridgehead atoms. The quantitative estimate of drug-likeness (QED) is 0.543. The van der Waals surface area contributed by atoms with Gasteiger partial charge in [0.2, 0.25) is 0 Å². The van der Waals surface area contributed by atoms with Crippen molar-refractivity contribution in [1.82, 2.24) is 0 Å². The van der Waals surface area contributed by atoms with Crippen molar-refractivity contribution >= 4 is 17.5 Å². The van der Waals surface area contributed by atoms with Crippen LogP contribution in [0.1, 0.15) is 54.4 Å². The zero-order valence-corrected chi connectivity index (χ0v) is 17.9. The van der Waals surface area contributed by atoms with Crippen LogP contribution in [0.2, 0.25) is 0 Å². The molecule has 0 amide bonds. The minimum Gasteiger partial charge on any atom is -0.509 e. The van der Waals surface area contributed by atoms with E-state index in [1.807, 2.05) is 6.92 Å². The van der Waals surface area contributed by atoms with E-state index in [-0.39, 0.29) is 23.9 Å². The van der Waals surface area contributed by atoms with Gasteiger partial charge in [-0.15, -0.1) is 0 Å². The summed E-state index contributed by atoms with van der Waals surface area (Å²) in [7, 11) is 1.50. The highest BCUT2D eigenvalue weighted by molar-refractivity contribution is 6.00. The summed E-state index contributed by atoms with van der Waals surface area (Å²) in [5.41, 5.74) is -1.95. The Kier molecular flexibility index (Phi) is 8.38. The molecule has 0 radical (unpaired) electrons. The van der Waals surface area contributed by atoms with Gasteiger partial charge in [0, 0.05) is 25.0 Å². The lowest BCUT2D eigenvalue weighted by atomic mass is 9.80. The largest absolute Gasteiger partial charge is 0.509 e. The number of hydrogen-bond acceptors (Lipinski definition) is 7. The maximum atomic E-state index is 12.8. The number of ketones is 2. The van der Waals surface area contributed by atoms with Crippen LogP contribution in [-0.4, -0.2) is 52.7 Å². The third-order valence-electron chi connectivity index (χ3n) is 5.82. The van der Waals surface area contributed by atoms with Crippen LogP contribution in [0.3, 0.4) is 0 Å². The zero-order valence-electron chi connectivity index (χ0n) is 17.9. The van der Waals surface area contributed by atoms with Crippen molar-refractivity contribution in [2.24, 2.45) is 23.7 Å². The van der Waals surface area contributed by atoms with Crippen LogP contribution < -0.4 is 0 Å². The van der Waals surface area contributed by atoms with Crippen LogP contribution in [0, 0.1) is 23.7 Å². The fourth-order valence-corrected chi connectivity index (χ4v) is 3.84. The molecule has 0 saturated carbocycles. The molecule has 0 spiro atoms. The summed E-state index contributed by atoms with van der Waals surface area (Å²) in [4.78, 5) is 37.9.